The summed E-state index contributed by atoms with van der Waals surface area (Å²) in [5, 5.41) is 9.67. The second-order valence-corrected chi connectivity index (χ2v) is 4.35. The summed E-state index contributed by atoms with van der Waals surface area (Å²) in [4.78, 5) is 4.19. The molecule has 0 aromatic carbocycles. The van der Waals surface area contributed by atoms with Crippen molar-refractivity contribution in [3.8, 4) is 0 Å². The van der Waals surface area contributed by atoms with Gasteiger partial charge in [0.05, 0.1) is 17.3 Å². The van der Waals surface area contributed by atoms with Crippen LogP contribution >= 0.6 is 23.2 Å². The summed E-state index contributed by atoms with van der Waals surface area (Å²) in [6.45, 7) is 0.952. The first-order chi connectivity index (χ1) is 8.22. The summed E-state index contributed by atoms with van der Waals surface area (Å²) in [5.74, 6) is 0. The fourth-order valence-electron chi connectivity index (χ4n) is 1.50. The van der Waals surface area contributed by atoms with Crippen LogP contribution in [-0.2, 0) is 11.3 Å². The molecule has 0 spiro atoms. The number of imidazole rings is 1. The highest BCUT2D eigenvalue weighted by Gasteiger charge is 2.10. The summed E-state index contributed by atoms with van der Waals surface area (Å²) in [5.41, 5.74) is 1.50. The molecule has 0 aliphatic heterocycles. The predicted molar refractivity (Wildman–Crippen MR) is 66.6 cm³/mol. The van der Waals surface area contributed by atoms with Gasteiger partial charge in [0.2, 0.25) is 0 Å². The van der Waals surface area contributed by atoms with Gasteiger partial charge in [-0.3, -0.25) is 4.40 Å². The molecule has 92 valence electrons. The summed E-state index contributed by atoms with van der Waals surface area (Å²) >= 11 is 11.9. The number of fused-ring (bicyclic) bond motifs is 1. The molecule has 0 aliphatic carbocycles. The van der Waals surface area contributed by atoms with Crippen LogP contribution < -0.4 is 0 Å². The summed E-state index contributed by atoms with van der Waals surface area (Å²) in [7, 11) is 0. The van der Waals surface area contributed by atoms with Gasteiger partial charge < -0.3 is 9.84 Å². The molecule has 2 aromatic rings. The van der Waals surface area contributed by atoms with E-state index in [1.54, 1.807) is 18.3 Å². The Morgan fingerprint density at radius 3 is 2.94 bits per heavy atom. The molecule has 6 heteroatoms. The quantitative estimate of drug-likeness (QED) is 0.853. The lowest BCUT2D eigenvalue weighted by Gasteiger charge is -2.04. The van der Waals surface area contributed by atoms with Crippen LogP contribution in [0.5, 0.6) is 0 Å². The van der Waals surface area contributed by atoms with Crippen LogP contribution in [0.15, 0.2) is 18.3 Å². The van der Waals surface area contributed by atoms with E-state index < -0.39 is 0 Å². The average Bonchev–Trinajstić information content (AvgIpc) is 2.61. The number of aliphatic hydroxyl groups is 1. The highest BCUT2D eigenvalue weighted by atomic mass is 35.5. The van der Waals surface area contributed by atoms with Gasteiger partial charge in [0.15, 0.2) is 5.15 Å². The molecule has 0 amide bonds. The number of aromatic nitrogens is 2. The van der Waals surface area contributed by atoms with Crippen molar-refractivity contribution in [1.82, 2.24) is 9.38 Å². The number of hydrogen-bond acceptors (Lipinski definition) is 3. The lowest BCUT2D eigenvalue weighted by atomic mass is 10.4. The first-order valence-corrected chi connectivity index (χ1v) is 5.98. The molecular weight excluding hydrogens is 263 g/mol. The van der Waals surface area contributed by atoms with Gasteiger partial charge in [-0.1, -0.05) is 23.2 Å². The van der Waals surface area contributed by atoms with Gasteiger partial charge in [-0.15, -0.1) is 0 Å². The van der Waals surface area contributed by atoms with Crippen molar-refractivity contribution < 1.29 is 9.84 Å². The van der Waals surface area contributed by atoms with Gasteiger partial charge in [0.25, 0.3) is 0 Å². The van der Waals surface area contributed by atoms with Crippen LogP contribution in [0, 0.1) is 0 Å². The number of nitrogens with zero attached hydrogens (tertiary/aromatic N) is 2. The Hall–Kier alpha value is -0.810. The zero-order chi connectivity index (χ0) is 12.3. The molecule has 0 radical (unpaired) electrons. The van der Waals surface area contributed by atoms with E-state index in [4.69, 9.17) is 33.0 Å². The molecule has 2 rings (SSSR count). The van der Waals surface area contributed by atoms with Crippen LogP contribution in [-0.4, -0.2) is 27.7 Å². The molecule has 4 nitrogen and oxygen atoms in total. The van der Waals surface area contributed by atoms with Crippen molar-refractivity contribution in [1.29, 1.82) is 0 Å². The molecule has 0 aliphatic rings. The van der Waals surface area contributed by atoms with Crippen molar-refractivity contribution in [2.75, 3.05) is 13.2 Å². The third-order valence-electron chi connectivity index (χ3n) is 2.32. The Morgan fingerprint density at radius 2 is 2.18 bits per heavy atom. The van der Waals surface area contributed by atoms with Crippen LogP contribution in [0.3, 0.4) is 0 Å². The summed E-state index contributed by atoms with van der Waals surface area (Å²) in [6, 6.07) is 3.56. The van der Waals surface area contributed by atoms with E-state index in [2.05, 4.69) is 4.98 Å². The maximum absolute atomic E-state index is 8.65. The van der Waals surface area contributed by atoms with Gasteiger partial charge in [-0.05, 0) is 18.6 Å². The van der Waals surface area contributed by atoms with Crippen molar-refractivity contribution >= 4 is 28.8 Å². The normalized spacial score (nSPS) is 11.2. The fraction of sp³-hybridized carbons (Fsp3) is 0.364. The van der Waals surface area contributed by atoms with E-state index in [1.807, 2.05) is 4.40 Å². The van der Waals surface area contributed by atoms with E-state index in [-0.39, 0.29) is 6.61 Å². The number of ether oxygens (including phenoxy) is 1. The third kappa shape index (κ3) is 2.90. The maximum atomic E-state index is 8.65. The van der Waals surface area contributed by atoms with E-state index in [0.29, 0.717) is 29.8 Å². The van der Waals surface area contributed by atoms with E-state index in [1.165, 1.54) is 0 Å². The van der Waals surface area contributed by atoms with Crippen molar-refractivity contribution in [2.24, 2.45) is 0 Å². The zero-order valence-electron chi connectivity index (χ0n) is 9.07. The van der Waals surface area contributed by atoms with Gasteiger partial charge in [-0.25, -0.2) is 4.98 Å². The minimum Gasteiger partial charge on any atom is -0.396 e. The highest BCUT2D eigenvalue weighted by molar-refractivity contribution is 6.31. The van der Waals surface area contributed by atoms with Crippen LogP contribution in [0.25, 0.3) is 5.65 Å². The second kappa shape index (κ2) is 5.69. The minimum atomic E-state index is 0.118. The first-order valence-electron chi connectivity index (χ1n) is 5.23. The van der Waals surface area contributed by atoms with E-state index in [0.717, 1.165) is 11.3 Å². The second-order valence-electron chi connectivity index (χ2n) is 3.55. The molecule has 1 N–H and O–H groups in total. The smallest absolute Gasteiger partial charge is 0.153 e. The standard InChI is InChI=1S/C11H12Cl2N2O2/c12-8-2-3-10-14-11(13)9(15(10)6-8)7-17-5-1-4-16/h2-3,6,16H,1,4-5,7H2. The number of hydrogen-bond donors (Lipinski definition) is 1. The molecule has 0 unspecified atom stereocenters. The van der Waals surface area contributed by atoms with Gasteiger partial charge in [0.1, 0.15) is 5.65 Å². The molecule has 0 saturated heterocycles. The van der Waals surface area contributed by atoms with E-state index >= 15 is 0 Å². The lowest BCUT2D eigenvalue weighted by Crippen LogP contribution is -2.01. The first kappa shape index (κ1) is 12.6. The average molecular weight is 275 g/mol. The highest BCUT2D eigenvalue weighted by Crippen LogP contribution is 2.20. The predicted octanol–water partition coefficient (Wildman–Crippen LogP) is 2.54. The molecule has 2 heterocycles. The zero-order valence-corrected chi connectivity index (χ0v) is 10.6. The molecule has 17 heavy (non-hydrogen) atoms. The Morgan fingerprint density at radius 1 is 1.35 bits per heavy atom. The Bertz CT molecular complexity index is 513. The number of pyridine rings is 1. The largest absolute Gasteiger partial charge is 0.396 e. The van der Waals surface area contributed by atoms with Crippen LogP contribution in [0.4, 0.5) is 0 Å². The van der Waals surface area contributed by atoms with Crippen molar-refractivity contribution in [3.05, 3.63) is 34.2 Å². The van der Waals surface area contributed by atoms with Gasteiger partial charge in [0, 0.05) is 19.4 Å². The molecule has 0 saturated carbocycles. The lowest BCUT2D eigenvalue weighted by molar-refractivity contribution is 0.101. The number of halogens is 2. The van der Waals surface area contributed by atoms with Crippen LogP contribution in [0.1, 0.15) is 12.1 Å². The maximum Gasteiger partial charge on any atom is 0.153 e. The Labute approximate surface area is 109 Å². The molecule has 2 aromatic heterocycles. The third-order valence-corrected chi connectivity index (χ3v) is 2.84. The Kier molecular flexibility index (Phi) is 4.23. The summed E-state index contributed by atoms with van der Waals surface area (Å²) < 4.78 is 7.21. The Balaban J connectivity index is 2.20. The summed E-state index contributed by atoms with van der Waals surface area (Å²) in [6.07, 6.45) is 2.36. The monoisotopic (exact) mass is 274 g/mol. The van der Waals surface area contributed by atoms with Gasteiger partial charge in [-0.2, -0.15) is 0 Å². The van der Waals surface area contributed by atoms with Crippen molar-refractivity contribution in [3.63, 3.8) is 0 Å². The van der Waals surface area contributed by atoms with Crippen molar-refractivity contribution in [2.45, 2.75) is 13.0 Å². The van der Waals surface area contributed by atoms with Gasteiger partial charge >= 0.3 is 0 Å². The number of aliphatic hydroxyl groups excluding tert-OH is 1. The molecule has 0 bridgehead atoms. The number of rotatable bonds is 5. The molecular formula is C11H12Cl2N2O2. The van der Waals surface area contributed by atoms with E-state index in [9.17, 15) is 0 Å². The topological polar surface area (TPSA) is 46.8 Å². The minimum absolute atomic E-state index is 0.118. The van der Waals surface area contributed by atoms with Crippen LogP contribution in [0.2, 0.25) is 10.2 Å². The molecule has 0 atom stereocenters. The fourth-order valence-corrected chi connectivity index (χ4v) is 1.90. The molecule has 0 fully saturated rings. The SMILES string of the molecule is OCCCOCc1c(Cl)nc2ccc(Cl)cn12.